The Bertz CT molecular complexity index is 609. The standard InChI is InChI=1S/C15H17N3O2/c1-2-20-14-9-12(7-8-13(14)17)18-15(19)10-3-5-11(16)6-4-10/h3-9H,2,16-17H2,1H3,(H,18,19). The Morgan fingerprint density at radius 3 is 2.50 bits per heavy atom. The number of carbonyl (C=O) groups is 1. The topological polar surface area (TPSA) is 90.4 Å². The Kier molecular flexibility index (Phi) is 4.10. The summed E-state index contributed by atoms with van der Waals surface area (Å²) in [4.78, 5) is 12.1. The van der Waals surface area contributed by atoms with Crippen LogP contribution in [0.15, 0.2) is 42.5 Å². The van der Waals surface area contributed by atoms with Gasteiger partial charge in [-0.3, -0.25) is 4.79 Å². The van der Waals surface area contributed by atoms with Crippen LogP contribution in [0.1, 0.15) is 17.3 Å². The molecule has 0 bridgehead atoms. The van der Waals surface area contributed by atoms with Gasteiger partial charge in [0, 0.05) is 23.0 Å². The first-order chi connectivity index (χ1) is 9.60. The summed E-state index contributed by atoms with van der Waals surface area (Å²) < 4.78 is 5.39. The Morgan fingerprint density at radius 1 is 1.15 bits per heavy atom. The van der Waals surface area contributed by atoms with Gasteiger partial charge in [0.15, 0.2) is 0 Å². The van der Waals surface area contributed by atoms with Crippen LogP contribution in [0.25, 0.3) is 0 Å². The third-order valence-corrected chi connectivity index (χ3v) is 2.74. The zero-order valence-electron chi connectivity index (χ0n) is 11.2. The van der Waals surface area contributed by atoms with Crippen LogP contribution < -0.4 is 21.5 Å². The predicted molar refractivity (Wildman–Crippen MR) is 80.8 cm³/mol. The predicted octanol–water partition coefficient (Wildman–Crippen LogP) is 2.50. The van der Waals surface area contributed by atoms with Gasteiger partial charge in [0.1, 0.15) is 5.75 Å². The van der Waals surface area contributed by atoms with Crippen molar-refractivity contribution in [2.75, 3.05) is 23.4 Å². The molecule has 0 saturated heterocycles. The van der Waals surface area contributed by atoms with Gasteiger partial charge >= 0.3 is 0 Å². The van der Waals surface area contributed by atoms with Crippen molar-refractivity contribution in [2.45, 2.75) is 6.92 Å². The van der Waals surface area contributed by atoms with Crippen LogP contribution in [0.5, 0.6) is 5.75 Å². The van der Waals surface area contributed by atoms with E-state index in [1.807, 2.05) is 6.92 Å². The molecule has 0 aliphatic heterocycles. The summed E-state index contributed by atoms with van der Waals surface area (Å²) in [6, 6.07) is 11.8. The summed E-state index contributed by atoms with van der Waals surface area (Å²) in [5.41, 5.74) is 13.7. The minimum absolute atomic E-state index is 0.211. The molecule has 5 nitrogen and oxygen atoms in total. The van der Waals surface area contributed by atoms with E-state index in [-0.39, 0.29) is 5.91 Å². The second-order valence-corrected chi connectivity index (χ2v) is 4.26. The first kappa shape index (κ1) is 13.7. The monoisotopic (exact) mass is 271 g/mol. The highest BCUT2D eigenvalue weighted by atomic mass is 16.5. The summed E-state index contributed by atoms with van der Waals surface area (Å²) >= 11 is 0. The number of nitrogen functional groups attached to an aromatic ring is 2. The lowest BCUT2D eigenvalue weighted by atomic mass is 10.2. The van der Waals surface area contributed by atoms with Crippen LogP contribution >= 0.6 is 0 Å². The van der Waals surface area contributed by atoms with Crippen LogP contribution in [0.2, 0.25) is 0 Å². The normalized spacial score (nSPS) is 10.1. The third-order valence-electron chi connectivity index (χ3n) is 2.74. The van der Waals surface area contributed by atoms with Gasteiger partial charge in [-0.05, 0) is 43.3 Å². The van der Waals surface area contributed by atoms with E-state index < -0.39 is 0 Å². The van der Waals surface area contributed by atoms with Gasteiger partial charge in [0.05, 0.1) is 12.3 Å². The quantitative estimate of drug-likeness (QED) is 0.745. The maximum atomic E-state index is 12.1. The summed E-state index contributed by atoms with van der Waals surface area (Å²) in [6.45, 7) is 2.39. The van der Waals surface area contributed by atoms with Gasteiger partial charge in [-0.2, -0.15) is 0 Å². The number of hydrogen-bond donors (Lipinski definition) is 3. The number of nitrogens with two attached hydrogens (primary N) is 2. The highest BCUT2D eigenvalue weighted by Crippen LogP contribution is 2.25. The Labute approximate surface area is 117 Å². The first-order valence-corrected chi connectivity index (χ1v) is 6.29. The molecule has 0 saturated carbocycles. The number of carbonyl (C=O) groups excluding carboxylic acids is 1. The summed E-state index contributed by atoms with van der Waals surface area (Å²) in [5.74, 6) is 0.347. The number of hydrogen-bond acceptors (Lipinski definition) is 4. The van der Waals surface area contributed by atoms with Crippen molar-refractivity contribution in [1.82, 2.24) is 0 Å². The molecule has 0 radical (unpaired) electrons. The average Bonchev–Trinajstić information content (AvgIpc) is 2.43. The molecule has 0 fully saturated rings. The fourth-order valence-electron chi connectivity index (χ4n) is 1.73. The molecule has 2 aromatic carbocycles. The number of benzene rings is 2. The fourth-order valence-corrected chi connectivity index (χ4v) is 1.73. The van der Waals surface area contributed by atoms with Gasteiger partial charge in [-0.15, -0.1) is 0 Å². The van der Waals surface area contributed by atoms with Crippen molar-refractivity contribution >= 4 is 23.0 Å². The van der Waals surface area contributed by atoms with Crippen LogP contribution in [0, 0.1) is 0 Å². The zero-order chi connectivity index (χ0) is 14.5. The minimum Gasteiger partial charge on any atom is -0.492 e. The Balaban J connectivity index is 2.15. The van der Waals surface area contributed by atoms with E-state index in [1.165, 1.54) is 0 Å². The maximum absolute atomic E-state index is 12.1. The highest BCUT2D eigenvalue weighted by molar-refractivity contribution is 6.04. The SMILES string of the molecule is CCOc1cc(NC(=O)c2ccc(N)cc2)ccc1N. The van der Waals surface area contributed by atoms with Gasteiger partial charge < -0.3 is 21.5 Å². The minimum atomic E-state index is -0.211. The fraction of sp³-hybridized carbons (Fsp3) is 0.133. The molecular weight excluding hydrogens is 254 g/mol. The van der Waals surface area contributed by atoms with E-state index in [1.54, 1.807) is 42.5 Å². The molecule has 0 unspecified atom stereocenters. The van der Waals surface area contributed by atoms with E-state index in [2.05, 4.69) is 5.32 Å². The van der Waals surface area contributed by atoms with Crippen molar-refractivity contribution in [3.63, 3.8) is 0 Å². The van der Waals surface area contributed by atoms with Gasteiger partial charge in [0.2, 0.25) is 0 Å². The lowest BCUT2D eigenvalue weighted by molar-refractivity contribution is 0.102. The molecule has 2 rings (SSSR count). The van der Waals surface area contributed by atoms with Crippen molar-refractivity contribution in [3.8, 4) is 5.75 Å². The molecule has 0 aliphatic carbocycles. The van der Waals surface area contributed by atoms with E-state index >= 15 is 0 Å². The number of ether oxygens (including phenoxy) is 1. The molecule has 20 heavy (non-hydrogen) atoms. The molecule has 0 aliphatic rings. The van der Waals surface area contributed by atoms with Crippen LogP contribution in [-0.4, -0.2) is 12.5 Å². The molecule has 0 aromatic heterocycles. The van der Waals surface area contributed by atoms with Crippen LogP contribution in [-0.2, 0) is 0 Å². The third kappa shape index (κ3) is 3.20. The van der Waals surface area contributed by atoms with E-state index in [0.717, 1.165) is 0 Å². The molecule has 0 spiro atoms. The van der Waals surface area contributed by atoms with Crippen LogP contribution in [0.3, 0.4) is 0 Å². The second-order valence-electron chi connectivity index (χ2n) is 4.26. The zero-order valence-corrected chi connectivity index (χ0v) is 11.2. The van der Waals surface area contributed by atoms with Gasteiger partial charge in [-0.25, -0.2) is 0 Å². The lowest BCUT2D eigenvalue weighted by Gasteiger charge is -2.10. The van der Waals surface area contributed by atoms with Gasteiger partial charge in [0.25, 0.3) is 5.91 Å². The molecule has 5 N–H and O–H groups in total. The van der Waals surface area contributed by atoms with Crippen molar-refractivity contribution in [3.05, 3.63) is 48.0 Å². The smallest absolute Gasteiger partial charge is 0.255 e. The molecule has 5 heteroatoms. The largest absolute Gasteiger partial charge is 0.492 e. The molecule has 104 valence electrons. The number of anilines is 3. The van der Waals surface area contributed by atoms with E-state index in [0.29, 0.717) is 35.0 Å². The summed E-state index contributed by atoms with van der Waals surface area (Å²) in [5, 5.41) is 2.79. The van der Waals surface area contributed by atoms with Gasteiger partial charge in [-0.1, -0.05) is 0 Å². The lowest BCUT2D eigenvalue weighted by Crippen LogP contribution is -2.12. The van der Waals surface area contributed by atoms with Crippen molar-refractivity contribution < 1.29 is 9.53 Å². The highest BCUT2D eigenvalue weighted by Gasteiger charge is 2.08. The van der Waals surface area contributed by atoms with E-state index in [4.69, 9.17) is 16.2 Å². The average molecular weight is 271 g/mol. The molecule has 1 amide bonds. The molecule has 0 atom stereocenters. The molecule has 2 aromatic rings. The first-order valence-electron chi connectivity index (χ1n) is 6.29. The number of nitrogens with one attached hydrogen (secondary N) is 1. The van der Waals surface area contributed by atoms with Crippen molar-refractivity contribution in [2.24, 2.45) is 0 Å². The Hall–Kier alpha value is -2.69. The van der Waals surface area contributed by atoms with Crippen molar-refractivity contribution in [1.29, 1.82) is 0 Å². The summed E-state index contributed by atoms with van der Waals surface area (Å²) in [7, 11) is 0. The summed E-state index contributed by atoms with van der Waals surface area (Å²) in [6.07, 6.45) is 0. The Morgan fingerprint density at radius 2 is 1.85 bits per heavy atom. The number of amides is 1. The molecule has 0 heterocycles. The number of rotatable bonds is 4. The van der Waals surface area contributed by atoms with Crippen LogP contribution in [0.4, 0.5) is 17.1 Å². The molecular formula is C15H17N3O2. The maximum Gasteiger partial charge on any atom is 0.255 e. The van der Waals surface area contributed by atoms with E-state index in [9.17, 15) is 4.79 Å². The second kappa shape index (κ2) is 5.97.